The number of Topliss-reactive ketones (excluding diaryl/α,β-unsaturated/α-hetero) is 1. The monoisotopic (exact) mass is 251 g/mol. The SMILES string of the molecule is O=C(CC1CCC1)C1(N2CCOCC2)CCCC1. The second-order valence-electron chi connectivity index (χ2n) is 6.26. The van der Waals surface area contributed by atoms with E-state index in [2.05, 4.69) is 4.90 Å². The lowest BCUT2D eigenvalue weighted by molar-refractivity contribution is -0.136. The first-order valence-electron chi connectivity index (χ1n) is 7.67. The summed E-state index contributed by atoms with van der Waals surface area (Å²) in [5.41, 5.74) is -0.0978. The fourth-order valence-electron chi connectivity index (χ4n) is 3.87. The van der Waals surface area contributed by atoms with Crippen LogP contribution in [0.1, 0.15) is 51.4 Å². The molecule has 18 heavy (non-hydrogen) atoms. The Balaban J connectivity index is 1.70. The summed E-state index contributed by atoms with van der Waals surface area (Å²) in [4.78, 5) is 15.2. The number of carbonyl (C=O) groups is 1. The molecule has 3 heteroatoms. The number of ether oxygens (including phenoxy) is 1. The molecule has 0 bridgehead atoms. The van der Waals surface area contributed by atoms with Gasteiger partial charge in [0.2, 0.25) is 0 Å². The summed E-state index contributed by atoms with van der Waals surface area (Å²) in [6, 6.07) is 0. The predicted octanol–water partition coefficient (Wildman–Crippen LogP) is 2.39. The van der Waals surface area contributed by atoms with E-state index >= 15 is 0 Å². The molecule has 0 aromatic heterocycles. The highest BCUT2D eigenvalue weighted by Gasteiger charge is 2.46. The largest absolute Gasteiger partial charge is 0.379 e. The van der Waals surface area contributed by atoms with E-state index < -0.39 is 0 Å². The summed E-state index contributed by atoms with van der Waals surface area (Å²) in [6.45, 7) is 3.52. The van der Waals surface area contributed by atoms with E-state index in [0.29, 0.717) is 11.7 Å². The molecule has 3 aliphatic rings. The molecule has 0 radical (unpaired) electrons. The molecule has 1 heterocycles. The van der Waals surface area contributed by atoms with E-state index in [1.807, 2.05) is 0 Å². The van der Waals surface area contributed by atoms with Crippen molar-refractivity contribution in [3.05, 3.63) is 0 Å². The van der Waals surface area contributed by atoms with E-state index in [0.717, 1.165) is 45.6 Å². The zero-order chi connectivity index (χ0) is 12.4. The number of carbonyl (C=O) groups excluding carboxylic acids is 1. The summed E-state index contributed by atoms with van der Waals surface area (Å²) in [5.74, 6) is 1.25. The molecule has 3 nitrogen and oxygen atoms in total. The van der Waals surface area contributed by atoms with Gasteiger partial charge in [-0.25, -0.2) is 0 Å². The minimum absolute atomic E-state index is 0.0978. The average Bonchev–Trinajstić information content (AvgIpc) is 2.85. The quantitative estimate of drug-likeness (QED) is 0.768. The van der Waals surface area contributed by atoms with Gasteiger partial charge >= 0.3 is 0 Å². The Hall–Kier alpha value is -0.410. The fraction of sp³-hybridized carbons (Fsp3) is 0.933. The van der Waals surface area contributed by atoms with Gasteiger partial charge in [-0.05, 0) is 18.8 Å². The van der Waals surface area contributed by atoms with Crippen molar-refractivity contribution in [2.24, 2.45) is 5.92 Å². The van der Waals surface area contributed by atoms with Crippen molar-refractivity contribution >= 4 is 5.78 Å². The van der Waals surface area contributed by atoms with Crippen molar-refractivity contribution in [3.63, 3.8) is 0 Å². The lowest BCUT2D eigenvalue weighted by Crippen LogP contribution is -2.57. The van der Waals surface area contributed by atoms with Crippen LogP contribution < -0.4 is 0 Å². The van der Waals surface area contributed by atoms with Crippen LogP contribution in [0.3, 0.4) is 0 Å². The smallest absolute Gasteiger partial charge is 0.153 e. The summed E-state index contributed by atoms with van der Waals surface area (Å²) < 4.78 is 5.44. The number of morpholine rings is 1. The van der Waals surface area contributed by atoms with Crippen LogP contribution in [0, 0.1) is 5.92 Å². The van der Waals surface area contributed by atoms with Crippen molar-refractivity contribution < 1.29 is 9.53 Å². The van der Waals surface area contributed by atoms with Gasteiger partial charge in [-0.3, -0.25) is 9.69 Å². The third kappa shape index (κ3) is 2.23. The summed E-state index contributed by atoms with van der Waals surface area (Å²) in [6.07, 6.45) is 9.40. The van der Waals surface area contributed by atoms with Crippen molar-refractivity contribution in [2.75, 3.05) is 26.3 Å². The summed E-state index contributed by atoms with van der Waals surface area (Å²) in [5, 5.41) is 0. The normalized spacial score (nSPS) is 29.1. The van der Waals surface area contributed by atoms with Crippen molar-refractivity contribution in [1.29, 1.82) is 0 Å². The molecule has 2 aliphatic carbocycles. The molecule has 3 fully saturated rings. The second kappa shape index (κ2) is 5.30. The van der Waals surface area contributed by atoms with Crippen LogP contribution in [0.4, 0.5) is 0 Å². The molecule has 1 saturated heterocycles. The van der Waals surface area contributed by atoms with Crippen molar-refractivity contribution in [1.82, 2.24) is 4.90 Å². The molecule has 0 spiro atoms. The Labute approximate surface area is 110 Å². The molecule has 0 amide bonds. The van der Waals surface area contributed by atoms with Crippen LogP contribution in [0.25, 0.3) is 0 Å². The number of rotatable bonds is 4. The number of hydrogen-bond donors (Lipinski definition) is 0. The molecule has 0 atom stereocenters. The van der Waals surface area contributed by atoms with Gasteiger partial charge < -0.3 is 4.74 Å². The van der Waals surface area contributed by atoms with Gasteiger partial charge in [0, 0.05) is 19.5 Å². The van der Waals surface area contributed by atoms with Crippen LogP contribution in [-0.2, 0) is 9.53 Å². The summed E-state index contributed by atoms with van der Waals surface area (Å²) in [7, 11) is 0. The van der Waals surface area contributed by atoms with Crippen LogP contribution >= 0.6 is 0 Å². The number of nitrogens with zero attached hydrogens (tertiary/aromatic N) is 1. The molecule has 3 rings (SSSR count). The Morgan fingerprint density at radius 3 is 2.33 bits per heavy atom. The molecule has 2 saturated carbocycles. The second-order valence-corrected chi connectivity index (χ2v) is 6.26. The first-order chi connectivity index (χ1) is 8.81. The molecule has 1 aliphatic heterocycles. The zero-order valence-corrected chi connectivity index (χ0v) is 11.3. The summed E-state index contributed by atoms with van der Waals surface area (Å²) >= 11 is 0. The zero-order valence-electron chi connectivity index (χ0n) is 11.3. The first-order valence-corrected chi connectivity index (χ1v) is 7.67. The van der Waals surface area contributed by atoms with Gasteiger partial charge in [-0.2, -0.15) is 0 Å². The third-order valence-electron chi connectivity index (χ3n) is 5.26. The predicted molar refractivity (Wildman–Crippen MR) is 70.6 cm³/mol. The van der Waals surface area contributed by atoms with Gasteiger partial charge in [0.15, 0.2) is 5.78 Å². The first kappa shape index (κ1) is 12.6. The van der Waals surface area contributed by atoms with E-state index in [-0.39, 0.29) is 5.54 Å². The van der Waals surface area contributed by atoms with Gasteiger partial charge in [0.1, 0.15) is 0 Å². The minimum atomic E-state index is -0.0978. The molecule has 0 N–H and O–H groups in total. The lowest BCUT2D eigenvalue weighted by atomic mass is 9.76. The van der Waals surface area contributed by atoms with Gasteiger partial charge in [-0.15, -0.1) is 0 Å². The van der Waals surface area contributed by atoms with Gasteiger partial charge in [-0.1, -0.05) is 32.1 Å². The van der Waals surface area contributed by atoms with E-state index in [1.54, 1.807) is 0 Å². The maximum atomic E-state index is 12.8. The maximum absolute atomic E-state index is 12.8. The van der Waals surface area contributed by atoms with Crippen LogP contribution in [0.15, 0.2) is 0 Å². The lowest BCUT2D eigenvalue weighted by Gasteiger charge is -2.43. The third-order valence-corrected chi connectivity index (χ3v) is 5.26. The topological polar surface area (TPSA) is 29.5 Å². The Kier molecular flexibility index (Phi) is 3.71. The van der Waals surface area contributed by atoms with Crippen LogP contribution in [-0.4, -0.2) is 42.5 Å². The molecular weight excluding hydrogens is 226 g/mol. The molecular formula is C15H25NO2. The van der Waals surface area contributed by atoms with Crippen LogP contribution in [0.5, 0.6) is 0 Å². The Bertz CT molecular complexity index is 300. The highest BCUT2D eigenvalue weighted by Crippen LogP contribution is 2.40. The van der Waals surface area contributed by atoms with Crippen LogP contribution in [0.2, 0.25) is 0 Å². The molecule has 0 aromatic rings. The minimum Gasteiger partial charge on any atom is -0.379 e. The molecule has 102 valence electrons. The maximum Gasteiger partial charge on any atom is 0.153 e. The average molecular weight is 251 g/mol. The fourth-order valence-corrected chi connectivity index (χ4v) is 3.87. The van der Waals surface area contributed by atoms with E-state index in [4.69, 9.17) is 4.74 Å². The number of ketones is 1. The molecule has 0 aromatic carbocycles. The highest BCUT2D eigenvalue weighted by molar-refractivity contribution is 5.89. The van der Waals surface area contributed by atoms with E-state index in [9.17, 15) is 4.79 Å². The Morgan fingerprint density at radius 1 is 1.11 bits per heavy atom. The van der Waals surface area contributed by atoms with Crippen molar-refractivity contribution in [3.8, 4) is 0 Å². The molecule has 0 unspecified atom stereocenters. The Morgan fingerprint density at radius 2 is 1.78 bits per heavy atom. The van der Waals surface area contributed by atoms with Crippen molar-refractivity contribution in [2.45, 2.75) is 56.9 Å². The van der Waals surface area contributed by atoms with E-state index in [1.165, 1.54) is 32.1 Å². The number of hydrogen-bond acceptors (Lipinski definition) is 3. The highest BCUT2D eigenvalue weighted by atomic mass is 16.5. The standard InChI is InChI=1S/C15H25NO2/c17-14(12-13-4-3-5-13)15(6-1-2-7-15)16-8-10-18-11-9-16/h13H,1-12H2. The van der Waals surface area contributed by atoms with Gasteiger partial charge in [0.05, 0.1) is 18.8 Å². The van der Waals surface area contributed by atoms with Gasteiger partial charge in [0.25, 0.3) is 0 Å².